The van der Waals surface area contributed by atoms with E-state index in [0.717, 1.165) is 5.56 Å². The number of rotatable bonds is 9. The van der Waals surface area contributed by atoms with Gasteiger partial charge in [0.15, 0.2) is 0 Å². The zero-order chi connectivity index (χ0) is 25.7. The molecule has 2 rings (SSSR count). The summed E-state index contributed by atoms with van der Waals surface area (Å²) >= 11 is 7.76. The summed E-state index contributed by atoms with van der Waals surface area (Å²) in [6.45, 7) is 12.4. The second-order valence-corrected chi connectivity index (χ2v) is 11.9. The lowest BCUT2D eigenvalue weighted by molar-refractivity contribution is -0.168. The number of nitrogens with one attached hydrogen (secondary N) is 2. The normalized spacial score (nSPS) is 21.3. The highest BCUT2D eigenvalue weighted by Gasteiger charge is 2.52. The van der Waals surface area contributed by atoms with Crippen LogP contribution in [0, 0.1) is 11.3 Å². The number of carbonyl (C=O) groups excluding carboxylic acids is 2. The highest BCUT2D eigenvalue weighted by atomic mass is 35.5. The summed E-state index contributed by atoms with van der Waals surface area (Å²) in [5.41, 5.74) is -0.947. The summed E-state index contributed by atoms with van der Waals surface area (Å²) in [5.74, 6) is 0.327. The molecule has 1 aliphatic heterocycles. The lowest BCUT2D eigenvalue weighted by Crippen LogP contribution is -2.62. The molecule has 1 aromatic carbocycles. The number of ether oxygens (including phenoxy) is 1. The Bertz CT molecular complexity index is 842. The van der Waals surface area contributed by atoms with Crippen LogP contribution in [-0.4, -0.2) is 65.4 Å². The lowest BCUT2D eigenvalue weighted by atomic mass is 9.66. The van der Waals surface area contributed by atoms with Gasteiger partial charge in [-0.15, -0.1) is 11.8 Å². The third-order valence-electron chi connectivity index (χ3n) is 6.36. The Balaban J connectivity index is 2.22. The molecule has 34 heavy (non-hydrogen) atoms. The van der Waals surface area contributed by atoms with Gasteiger partial charge < -0.3 is 25.4 Å². The molecular weight excluding hydrogens is 474 g/mol. The molecule has 1 heterocycles. The summed E-state index contributed by atoms with van der Waals surface area (Å²) in [7, 11) is 0. The molecule has 3 N–H and O–H groups in total. The van der Waals surface area contributed by atoms with Crippen molar-refractivity contribution in [1.29, 1.82) is 0 Å². The number of carbonyl (C=O) groups is 2. The number of aliphatic hydroxyl groups is 1. The molecule has 9 heteroatoms. The topological polar surface area (TPSA) is 90.9 Å². The van der Waals surface area contributed by atoms with Crippen LogP contribution in [0.1, 0.15) is 53.5 Å². The highest BCUT2D eigenvalue weighted by molar-refractivity contribution is 7.98. The van der Waals surface area contributed by atoms with Gasteiger partial charge in [0.1, 0.15) is 11.6 Å². The molecule has 1 aromatic rings. The van der Waals surface area contributed by atoms with Crippen molar-refractivity contribution < 1.29 is 19.4 Å². The molecule has 0 radical (unpaired) electrons. The second-order valence-electron chi connectivity index (χ2n) is 10.6. The standard InChI is InChI=1S/C25H40ClN3O4S/c1-17(2)20(28-22(31)27-14-24(5,6)32)21(30)29-13-12-25(33-16-34-7,23(3,4)15-29)18-8-10-19(26)11-9-18/h8-11,17,20,32H,12-16H2,1-7H3,(H2,27,28,31)/t20-,25+/m1/s1. The monoisotopic (exact) mass is 513 g/mol. The fraction of sp³-hybridized carbons (Fsp3) is 0.680. The number of piperidine rings is 1. The molecular formula is C25H40ClN3O4S. The average molecular weight is 514 g/mol. The maximum absolute atomic E-state index is 13.5. The molecule has 3 amide bonds. The molecule has 1 aliphatic rings. The van der Waals surface area contributed by atoms with E-state index < -0.39 is 28.7 Å². The first-order valence-corrected chi connectivity index (χ1v) is 13.4. The smallest absolute Gasteiger partial charge is 0.315 e. The number of thioether (sulfide) groups is 1. The predicted octanol–water partition coefficient (Wildman–Crippen LogP) is 4.23. The van der Waals surface area contributed by atoms with Crippen molar-refractivity contribution in [2.24, 2.45) is 11.3 Å². The highest BCUT2D eigenvalue weighted by Crippen LogP contribution is 2.49. The van der Waals surface area contributed by atoms with Crippen LogP contribution in [0.25, 0.3) is 0 Å². The van der Waals surface area contributed by atoms with E-state index in [1.165, 1.54) is 0 Å². The van der Waals surface area contributed by atoms with Crippen molar-refractivity contribution >= 4 is 35.3 Å². The van der Waals surface area contributed by atoms with Crippen LogP contribution in [-0.2, 0) is 15.1 Å². The Morgan fingerprint density at radius 2 is 1.88 bits per heavy atom. The van der Waals surface area contributed by atoms with Crippen molar-refractivity contribution in [2.45, 2.75) is 65.2 Å². The maximum Gasteiger partial charge on any atom is 0.315 e. The predicted molar refractivity (Wildman–Crippen MR) is 139 cm³/mol. The number of hydrogen-bond donors (Lipinski definition) is 3. The molecule has 0 saturated carbocycles. The Morgan fingerprint density at radius 3 is 2.38 bits per heavy atom. The number of benzene rings is 1. The summed E-state index contributed by atoms with van der Waals surface area (Å²) in [6.07, 6.45) is 2.63. The largest absolute Gasteiger partial charge is 0.389 e. The van der Waals surface area contributed by atoms with Gasteiger partial charge in [-0.25, -0.2) is 4.79 Å². The lowest BCUT2D eigenvalue weighted by Gasteiger charge is -2.53. The van der Waals surface area contributed by atoms with Gasteiger partial charge in [0.05, 0.1) is 11.5 Å². The van der Waals surface area contributed by atoms with Crippen LogP contribution in [0.3, 0.4) is 0 Å². The Hall–Kier alpha value is -1.48. The minimum absolute atomic E-state index is 0.0883. The van der Waals surface area contributed by atoms with E-state index in [0.29, 0.717) is 30.5 Å². The first kappa shape index (κ1) is 28.8. The van der Waals surface area contributed by atoms with Crippen LogP contribution in [0.15, 0.2) is 24.3 Å². The van der Waals surface area contributed by atoms with Crippen LogP contribution < -0.4 is 10.6 Å². The van der Waals surface area contributed by atoms with E-state index in [2.05, 4.69) is 24.5 Å². The third-order valence-corrected chi connectivity index (χ3v) is 6.96. The Kier molecular flexibility index (Phi) is 9.73. The van der Waals surface area contributed by atoms with E-state index in [9.17, 15) is 14.7 Å². The summed E-state index contributed by atoms with van der Waals surface area (Å²) in [6, 6.07) is 6.62. The maximum atomic E-state index is 13.5. The molecule has 0 spiro atoms. The van der Waals surface area contributed by atoms with Crippen molar-refractivity contribution in [3.63, 3.8) is 0 Å². The number of halogens is 1. The number of amides is 3. The van der Waals surface area contributed by atoms with Gasteiger partial charge in [0, 0.05) is 30.1 Å². The van der Waals surface area contributed by atoms with Gasteiger partial charge in [-0.05, 0) is 50.1 Å². The van der Waals surface area contributed by atoms with Crippen molar-refractivity contribution in [3.8, 4) is 0 Å². The van der Waals surface area contributed by atoms with Crippen molar-refractivity contribution in [3.05, 3.63) is 34.9 Å². The minimum Gasteiger partial charge on any atom is -0.389 e. The Labute approximate surface area is 213 Å². The Morgan fingerprint density at radius 1 is 1.26 bits per heavy atom. The van der Waals surface area contributed by atoms with Gasteiger partial charge in [0.25, 0.3) is 0 Å². The number of urea groups is 1. The number of hydrogen-bond acceptors (Lipinski definition) is 5. The molecule has 1 saturated heterocycles. The molecule has 192 valence electrons. The molecule has 0 unspecified atom stereocenters. The van der Waals surface area contributed by atoms with E-state index in [-0.39, 0.29) is 18.4 Å². The minimum atomic E-state index is -1.03. The van der Waals surface area contributed by atoms with Crippen LogP contribution >= 0.6 is 23.4 Å². The first-order chi connectivity index (χ1) is 15.7. The molecule has 0 bridgehead atoms. The number of nitrogens with zero attached hydrogens (tertiary/aromatic N) is 1. The fourth-order valence-electron chi connectivity index (χ4n) is 4.47. The molecule has 0 aliphatic carbocycles. The van der Waals surface area contributed by atoms with Gasteiger partial charge in [-0.1, -0.05) is 51.4 Å². The van der Waals surface area contributed by atoms with E-state index in [4.69, 9.17) is 16.3 Å². The van der Waals surface area contributed by atoms with Gasteiger partial charge in [-0.3, -0.25) is 4.79 Å². The van der Waals surface area contributed by atoms with Crippen LogP contribution in [0.5, 0.6) is 0 Å². The zero-order valence-electron chi connectivity index (χ0n) is 21.4. The van der Waals surface area contributed by atoms with Gasteiger partial charge >= 0.3 is 6.03 Å². The summed E-state index contributed by atoms with van der Waals surface area (Å²) in [4.78, 5) is 27.8. The summed E-state index contributed by atoms with van der Waals surface area (Å²) < 4.78 is 6.50. The fourth-order valence-corrected chi connectivity index (χ4v) is 4.91. The van der Waals surface area contributed by atoms with Crippen LogP contribution in [0.2, 0.25) is 5.02 Å². The van der Waals surface area contributed by atoms with E-state index >= 15 is 0 Å². The quantitative estimate of drug-likeness (QED) is 0.430. The molecule has 2 atom stereocenters. The zero-order valence-corrected chi connectivity index (χ0v) is 23.0. The molecule has 7 nitrogen and oxygen atoms in total. The average Bonchev–Trinajstić information content (AvgIpc) is 2.74. The SMILES string of the molecule is CSCO[C@]1(c2ccc(Cl)cc2)CCN(C(=O)[C@H](NC(=O)NCC(C)(C)O)C(C)C)CC1(C)C. The van der Waals surface area contributed by atoms with Gasteiger partial charge in [0.2, 0.25) is 5.91 Å². The van der Waals surface area contributed by atoms with Gasteiger partial charge in [-0.2, -0.15) is 0 Å². The third kappa shape index (κ3) is 7.03. The first-order valence-electron chi connectivity index (χ1n) is 11.7. The van der Waals surface area contributed by atoms with Crippen LogP contribution in [0.4, 0.5) is 4.79 Å². The van der Waals surface area contributed by atoms with Crippen molar-refractivity contribution in [2.75, 3.05) is 31.8 Å². The number of likely N-dealkylation sites (tertiary alicyclic amines) is 1. The summed E-state index contributed by atoms with van der Waals surface area (Å²) in [5, 5.41) is 16.0. The molecule has 1 fully saturated rings. The molecule has 0 aromatic heterocycles. The van der Waals surface area contributed by atoms with E-state index in [1.54, 1.807) is 25.6 Å². The second kappa shape index (κ2) is 11.5. The van der Waals surface area contributed by atoms with E-state index in [1.807, 2.05) is 49.3 Å². The van der Waals surface area contributed by atoms with Crippen molar-refractivity contribution in [1.82, 2.24) is 15.5 Å².